The van der Waals surface area contributed by atoms with Gasteiger partial charge in [-0.1, -0.05) is 12.1 Å². The number of aliphatic hydroxyl groups is 1. The van der Waals surface area contributed by atoms with E-state index in [1.54, 1.807) is 18.4 Å². The molecule has 0 aliphatic rings. The number of benzene rings is 1. The first-order valence-electron chi connectivity index (χ1n) is 6.93. The average molecular weight is 302 g/mol. The van der Waals surface area contributed by atoms with Gasteiger partial charge in [0.15, 0.2) is 4.96 Å². The lowest BCUT2D eigenvalue weighted by atomic mass is 9.96. The van der Waals surface area contributed by atoms with E-state index in [0.717, 1.165) is 29.2 Å². The summed E-state index contributed by atoms with van der Waals surface area (Å²) >= 11 is 1.63. The first-order valence-corrected chi connectivity index (χ1v) is 7.81. The summed E-state index contributed by atoms with van der Waals surface area (Å²) in [5, 5.41) is 11.6. The zero-order valence-electron chi connectivity index (χ0n) is 11.9. The van der Waals surface area contributed by atoms with E-state index < -0.39 is 0 Å². The van der Waals surface area contributed by atoms with Crippen molar-refractivity contribution in [2.75, 3.05) is 13.7 Å². The Kier molecular flexibility index (Phi) is 4.22. The predicted molar refractivity (Wildman–Crippen MR) is 84.0 cm³/mol. The third-order valence-corrected chi connectivity index (χ3v) is 4.35. The Labute approximate surface area is 127 Å². The number of aromatic nitrogens is 2. The highest BCUT2D eigenvalue weighted by Crippen LogP contribution is 2.19. The van der Waals surface area contributed by atoms with E-state index in [1.807, 2.05) is 46.4 Å². The fraction of sp³-hybridized carbons (Fsp3) is 0.312. The van der Waals surface area contributed by atoms with Gasteiger partial charge in [-0.3, -0.25) is 4.40 Å². The number of aliphatic hydroxyl groups excluding tert-OH is 1. The van der Waals surface area contributed by atoms with Crippen LogP contribution in [0.3, 0.4) is 0 Å². The Morgan fingerprint density at radius 2 is 2.10 bits per heavy atom. The number of imidazole rings is 1. The van der Waals surface area contributed by atoms with Crippen molar-refractivity contribution in [3.8, 4) is 5.75 Å². The maximum absolute atomic E-state index is 9.62. The molecule has 2 heterocycles. The van der Waals surface area contributed by atoms with Gasteiger partial charge in [0.1, 0.15) is 5.75 Å². The van der Waals surface area contributed by atoms with Gasteiger partial charge in [-0.05, 0) is 36.5 Å². The lowest BCUT2D eigenvalue weighted by Crippen LogP contribution is -2.13. The van der Waals surface area contributed by atoms with Gasteiger partial charge in [0, 0.05) is 24.4 Å². The second-order valence-electron chi connectivity index (χ2n) is 5.13. The van der Waals surface area contributed by atoms with Crippen molar-refractivity contribution in [2.45, 2.75) is 12.8 Å². The number of hydrogen-bond donors (Lipinski definition) is 1. The zero-order valence-corrected chi connectivity index (χ0v) is 12.7. The molecule has 4 nitrogen and oxygen atoms in total. The van der Waals surface area contributed by atoms with Crippen LogP contribution in [0.4, 0.5) is 0 Å². The maximum Gasteiger partial charge on any atom is 0.193 e. The topological polar surface area (TPSA) is 46.8 Å². The highest BCUT2D eigenvalue weighted by Gasteiger charge is 2.13. The van der Waals surface area contributed by atoms with E-state index in [9.17, 15) is 5.11 Å². The molecule has 0 fully saturated rings. The second kappa shape index (κ2) is 6.28. The van der Waals surface area contributed by atoms with Crippen LogP contribution in [0.5, 0.6) is 5.75 Å². The molecule has 0 radical (unpaired) electrons. The molecule has 0 bridgehead atoms. The summed E-state index contributed by atoms with van der Waals surface area (Å²) in [6.45, 7) is 0.164. The molecule has 0 spiro atoms. The summed E-state index contributed by atoms with van der Waals surface area (Å²) in [6.07, 6.45) is 5.68. The van der Waals surface area contributed by atoms with Crippen molar-refractivity contribution >= 4 is 16.3 Å². The van der Waals surface area contributed by atoms with Crippen molar-refractivity contribution in [3.63, 3.8) is 0 Å². The summed E-state index contributed by atoms with van der Waals surface area (Å²) in [4.78, 5) is 5.59. The summed E-state index contributed by atoms with van der Waals surface area (Å²) in [5.74, 6) is 1.04. The molecule has 0 aliphatic carbocycles. The summed E-state index contributed by atoms with van der Waals surface area (Å²) in [6, 6.07) is 8.01. The van der Waals surface area contributed by atoms with E-state index in [0.29, 0.717) is 0 Å². The first-order chi connectivity index (χ1) is 10.3. The fourth-order valence-electron chi connectivity index (χ4n) is 2.47. The van der Waals surface area contributed by atoms with Crippen molar-refractivity contribution in [3.05, 3.63) is 53.3 Å². The van der Waals surface area contributed by atoms with Crippen LogP contribution in [0, 0.1) is 5.92 Å². The molecular formula is C16H18N2O2S. The lowest BCUT2D eigenvalue weighted by Gasteiger charge is -2.13. The largest absolute Gasteiger partial charge is 0.497 e. The van der Waals surface area contributed by atoms with Crippen molar-refractivity contribution in [1.82, 2.24) is 9.38 Å². The third-order valence-electron chi connectivity index (χ3n) is 3.58. The van der Waals surface area contributed by atoms with Gasteiger partial charge in [-0.15, -0.1) is 11.3 Å². The normalized spacial score (nSPS) is 12.7. The SMILES string of the molecule is COc1ccc(CC(CO)Cc2cn3ccsc3n2)cc1. The van der Waals surface area contributed by atoms with Crippen molar-refractivity contribution < 1.29 is 9.84 Å². The van der Waals surface area contributed by atoms with E-state index in [2.05, 4.69) is 4.98 Å². The molecule has 1 N–H and O–H groups in total. The predicted octanol–water partition coefficient (Wildman–Crippen LogP) is 2.80. The Morgan fingerprint density at radius 3 is 2.76 bits per heavy atom. The average Bonchev–Trinajstić information content (AvgIpc) is 3.08. The van der Waals surface area contributed by atoms with Gasteiger partial charge in [-0.25, -0.2) is 4.98 Å². The van der Waals surface area contributed by atoms with Crippen LogP contribution in [-0.4, -0.2) is 28.2 Å². The second-order valence-corrected chi connectivity index (χ2v) is 6.00. The van der Waals surface area contributed by atoms with Crippen LogP contribution in [0.25, 0.3) is 4.96 Å². The molecule has 1 unspecified atom stereocenters. The summed E-state index contributed by atoms with van der Waals surface area (Å²) in [5.41, 5.74) is 2.24. The number of methoxy groups -OCH3 is 1. The van der Waals surface area contributed by atoms with E-state index in [-0.39, 0.29) is 12.5 Å². The van der Waals surface area contributed by atoms with Crippen molar-refractivity contribution in [2.24, 2.45) is 5.92 Å². The van der Waals surface area contributed by atoms with Crippen LogP contribution in [0.2, 0.25) is 0 Å². The minimum absolute atomic E-state index is 0.164. The van der Waals surface area contributed by atoms with Crippen LogP contribution in [0.1, 0.15) is 11.3 Å². The fourth-order valence-corrected chi connectivity index (χ4v) is 3.19. The standard InChI is InChI=1S/C16H18N2O2S/c1-20-15-4-2-12(3-5-15)8-13(11-19)9-14-10-18-6-7-21-16(18)17-14/h2-7,10,13,19H,8-9,11H2,1H3. The Hall–Kier alpha value is -1.85. The van der Waals surface area contributed by atoms with E-state index >= 15 is 0 Å². The monoisotopic (exact) mass is 302 g/mol. The Bertz CT molecular complexity index is 674. The number of rotatable bonds is 6. The molecule has 3 aromatic rings. The van der Waals surface area contributed by atoms with E-state index in [1.165, 1.54) is 5.56 Å². The molecule has 0 saturated carbocycles. The van der Waals surface area contributed by atoms with Crippen molar-refractivity contribution in [1.29, 1.82) is 0 Å². The summed E-state index contributed by atoms with van der Waals surface area (Å²) in [7, 11) is 1.66. The molecule has 1 atom stereocenters. The van der Waals surface area contributed by atoms with Crippen LogP contribution < -0.4 is 4.74 Å². The molecule has 0 aliphatic heterocycles. The van der Waals surface area contributed by atoms with Gasteiger partial charge in [0.05, 0.1) is 12.8 Å². The highest BCUT2D eigenvalue weighted by atomic mass is 32.1. The first kappa shape index (κ1) is 14.1. The zero-order chi connectivity index (χ0) is 14.7. The van der Waals surface area contributed by atoms with Gasteiger partial charge < -0.3 is 9.84 Å². The Balaban J connectivity index is 1.67. The minimum Gasteiger partial charge on any atom is -0.497 e. The van der Waals surface area contributed by atoms with E-state index in [4.69, 9.17) is 4.74 Å². The number of fused-ring (bicyclic) bond motifs is 1. The molecule has 110 valence electrons. The van der Waals surface area contributed by atoms with Gasteiger partial charge in [-0.2, -0.15) is 0 Å². The number of thiazole rings is 1. The maximum atomic E-state index is 9.62. The number of ether oxygens (including phenoxy) is 1. The lowest BCUT2D eigenvalue weighted by molar-refractivity contribution is 0.224. The molecule has 5 heteroatoms. The molecular weight excluding hydrogens is 284 g/mol. The van der Waals surface area contributed by atoms with Crippen LogP contribution in [0.15, 0.2) is 42.0 Å². The highest BCUT2D eigenvalue weighted by molar-refractivity contribution is 7.15. The quantitative estimate of drug-likeness (QED) is 0.761. The third kappa shape index (κ3) is 3.25. The molecule has 0 amide bonds. The number of hydrogen-bond acceptors (Lipinski definition) is 4. The minimum atomic E-state index is 0.164. The van der Waals surface area contributed by atoms with Gasteiger partial charge in [0.2, 0.25) is 0 Å². The molecule has 3 rings (SSSR count). The molecule has 21 heavy (non-hydrogen) atoms. The molecule has 0 saturated heterocycles. The molecule has 2 aromatic heterocycles. The smallest absolute Gasteiger partial charge is 0.193 e. The number of nitrogens with zero attached hydrogens (tertiary/aromatic N) is 2. The van der Waals surface area contributed by atoms with Crippen LogP contribution >= 0.6 is 11.3 Å². The Morgan fingerprint density at radius 1 is 1.29 bits per heavy atom. The van der Waals surface area contributed by atoms with Gasteiger partial charge >= 0.3 is 0 Å². The summed E-state index contributed by atoms with van der Waals surface area (Å²) < 4.78 is 7.19. The van der Waals surface area contributed by atoms with Gasteiger partial charge in [0.25, 0.3) is 0 Å². The molecule has 1 aromatic carbocycles. The van der Waals surface area contributed by atoms with Crippen LogP contribution in [-0.2, 0) is 12.8 Å².